The van der Waals surface area contributed by atoms with Crippen LogP contribution in [0, 0.1) is 0 Å². The van der Waals surface area contributed by atoms with Gasteiger partial charge in [0.05, 0.1) is 12.5 Å². The minimum atomic E-state index is -0.284. The van der Waals surface area contributed by atoms with Crippen molar-refractivity contribution in [2.45, 2.75) is 25.4 Å². The van der Waals surface area contributed by atoms with Crippen LogP contribution < -0.4 is 5.32 Å². The lowest BCUT2D eigenvalue weighted by Crippen LogP contribution is -2.40. The SMILES string of the molecule is O=C(/C=C/c1ccccc1)Nc1ccc(CC(=O)N2CCC(O)CC2)cc1. The molecule has 1 aliphatic rings. The van der Waals surface area contributed by atoms with E-state index in [1.54, 1.807) is 23.1 Å². The van der Waals surface area contributed by atoms with Gasteiger partial charge in [-0.1, -0.05) is 42.5 Å². The Labute approximate surface area is 159 Å². The Kier molecular flexibility index (Phi) is 6.39. The zero-order chi connectivity index (χ0) is 19.1. The standard InChI is InChI=1S/C22H24N2O3/c25-20-12-14-24(15-13-20)22(27)16-18-6-9-19(10-7-18)23-21(26)11-8-17-4-2-1-3-5-17/h1-11,20,25H,12-16H2,(H,23,26)/b11-8+. The molecular formula is C22H24N2O3. The van der Waals surface area contributed by atoms with E-state index in [2.05, 4.69) is 5.32 Å². The Morgan fingerprint density at radius 3 is 2.37 bits per heavy atom. The normalized spacial score (nSPS) is 15.1. The maximum Gasteiger partial charge on any atom is 0.248 e. The average Bonchev–Trinajstić information content (AvgIpc) is 2.69. The lowest BCUT2D eigenvalue weighted by atomic mass is 10.1. The molecule has 27 heavy (non-hydrogen) atoms. The van der Waals surface area contributed by atoms with Crippen LogP contribution in [0.4, 0.5) is 5.69 Å². The Balaban J connectivity index is 1.50. The highest BCUT2D eigenvalue weighted by Crippen LogP contribution is 2.14. The van der Waals surface area contributed by atoms with E-state index in [-0.39, 0.29) is 17.9 Å². The molecule has 2 aromatic carbocycles. The number of hydrogen-bond acceptors (Lipinski definition) is 3. The van der Waals surface area contributed by atoms with Crippen LogP contribution in [-0.2, 0) is 16.0 Å². The molecule has 1 fully saturated rings. The van der Waals surface area contributed by atoms with Gasteiger partial charge in [-0.3, -0.25) is 9.59 Å². The summed E-state index contributed by atoms with van der Waals surface area (Å²) in [5.41, 5.74) is 2.56. The molecule has 5 heteroatoms. The fourth-order valence-electron chi connectivity index (χ4n) is 3.03. The number of anilines is 1. The first kappa shape index (κ1) is 18.9. The van der Waals surface area contributed by atoms with Crippen molar-refractivity contribution in [3.8, 4) is 0 Å². The summed E-state index contributed by atoms with van der Waals surface area (Å²) in [6.07, 6.45) is 4.60. The molecule has 0 bridgehead atoms. The van der Waals surface area contributed by atoms with Crippen LogP contribution in [0.1, 0.15) is 24.0 Å². The fourth-order valence-corrected chi connectivity index (χ4v) is 3.03. The predicted octanol–water partition coefficient (Wildman–Crippen LogP) is 2.86. The molecule has 5 nitrogen and oxygen atoms in total. The second kappa shape index (κ2) is 9.14. The van der Waals surface area contributed by atoms with Gasteiger partial charge in [0.2, 0.25) is 11.8 Å². The summed E-state index contributed by atoms with van der Waals surface area (Å²) < 4.78 is 0. The quantitative estimate of drug-likeness (QED) is 0.802. The van der Waals surface area contributed by atoms with Gasteiger partial charge in [-0.2, -0.15) is 0 Å². The van der Waals surface area contributed by atoms with Gasteiger partial charge in [-0.05, 0) is 42.2 Å². The zero-order valence-electron chi connectivity index (χ0n) is 15.2. The summed E-state index contributed by atoms with van der Waals surface area (Å²) >= 11 is 0. The maximum absolute atomic E-state index is 12.3. The van der Waals surface area contributed by atoms with Gasteiger partial charge in [0.25, 0.3) is 0 Å². The van der Waals surface area contributed by atoms with Crippen LogP contribution >= 0.6 is 0 Å². The van der Waals surface area contributed by atoms with Gasteiger partial charge in [0, 0.05) is 24.9 Å². The van der Waals surface area contributed by atoms with Crippen molar-refractivity contribution in [2.75, 3.05) is 18.4 Å². The fraction of sp³-hybridized carbons (Fsp3) is 0.273. The van der Waals surface area contributed by atoms with Gasteiger partial charge in [-0.15, -0.1) is 0 Å². The van der Waals surface area contributed by atoms with Crippen LogP contribution in [0.3, 0.4) is 0 Å². The van der Waals surface area contributed by atoms with E-state index in [1.165, 1.54) is 6.08 Å². The lowest BCUT2D eigenvalue weighted by Gasteiger charge is -2.29. The Bertz CT molecular complexity index is 792. The number of amides is 2. The van der Waals surface area contributed by atoms with Crippen LogP contribution in [-0.4, -0.2) is 41.0 Å². The van der Waals surface area contributed by atoms with Crippen molar-refractivity contribution in [1.29, 1.82) is 0 Å². The number of carbonyl (C=O) groups excluding carboxylic acids is 2. The molecule has 2 amide bonds. The van der Waals surface area contributed by atoms with Crippen LogP contribution in [0.5, 0.6) is 0 Å². The molecule has 0 aliphatic carbocycles. The first-order chi connectivity index (χ1) is 13.1. The molecule has 2 N–H and O–H groups in total. The van der Waals surface area contributed by atoms with E-state index < -0.39 is 0 Å². The van der Waals surface area contributed by atoms with Crippen LogP contribution in [0.15, 0.2) is 60.7 Å². The summed E-state index contributed by atoms with van der Waals surface area (Å²) in [5, 5.41) is 12.3. The molecule has 2 aromatic rings. The molecule has 0 spiro atoms. The highest BCUT2D eigenvalue weighted by molar-refractivity contribution is 6.01. The van der Waals surface area contributed by atoms with E-state index in [0.29, 0.717) is 38.0 Å². The smallest absolute Gasteiger partial charge is 0.248 e. The second-order valence-electron chi connectivity index (χ2n) is 6.72. The third-order valence-corrected chi connectivity index (χ3v) is 4.62. The molecule has 3 rings (SSSR count). The molecule has 1 saturated heterocycles. The number of rotatable bonds is 5. The van der Waals surface area contributed by atoms with Gasteiger partial charge in [0.1, 0.15) is 0 Å². The Morgan fingerprint density at radius 1 is 1.04 bits per heavy atom. The summed E-state index contributed by atoms with van der Waals surface area (Å²) in [4.78, 5) is 26.1. The van der Waals surface area contributed by atoms with Gasteiger partial charge in [0.15, 0.2) is 0 Å². The molecule has 140 valence electrons. The predicted molar refractivity (Wildman–Crippen MR) is 106 cm³/mol. The first-order valence-corrected chi connectivity index (χ1v) is 9.19. The molecule has 1 heterocycles. The maximum atomic E-state index is 12.3. The minimum Gasteiger partial charge on any atom is -0.393 e. The average molecular weight is 364 g/mol. The highest BCUT2D eigenvalue weighted by Gasteiger charge is 2.21. The molecule has 0 atom stereocenters. The van der Waals surface area contributed by atoms with Crippen molar-refractivity contribution < 1.29 is 14.7 Å². The molecule has 0 unspecified atom stereocenters. The third-order valence-electron chi connectivity index (χ3n) is 4.62. The first-order valence-electron chi connectivity index (χ1n) is 9.19. The van der Waals surface area contributed by atoms with Crippen LogP contribution in [0.25, 0.3) is 6.08 Å². The topological polar surface area (TPSA) is 69.6 Å². The van der Waals surface area contributed by atoms with E-state index in [1.807, 2.05) is 42.5 Å². The monoisotopic (exact) mass is 364 g/mol. The molecule has 0 saturated carbocycles. The highest BCUT2D eigenvalue weighted by atomic mass is 16.3. The number of carbonyl (C=O) groups is 2. The van der Waals surface area contributed by atoms with Crippen molar-refractivity contribution in [1.82, 2.24) is 4.90 Å². The number of piperidine rings is 1. The zero-order valence-corrected chi connectivity index (χ0v) is 15.2. The van der Waals surface area contributed by atoms with E-state index >= 15 is 0 Å². The van der Waals surface area contributed by atoms with Crippen molar-refractivity contribution in [3.63, 3.8) is 0 Å². The Morgan fingerprint density at radius 2 is 1.70 bits per heavy atom. The van der Waals surface area contributed by atoms with Crippen molar-refractivity contribution >= 4 is 23.6 Å². The number of hydrogen-bond donors (Lipinski definition) is 2. The molecular weight excluding hydrogens is 340 g/mol. The van der Waals surface area contributed by atoms with E-state index in [9.17, 15) is 14.7 Å². The minimum absolute atomic E-state index is 0.0736. The number of nitrogens with one attached hydrogen (secondary N) is 1. The van der Waals surface area contributed by atoms with Gasteiger partial charge >= 0.3 is 0 Å². The molecule has 0 radical (unpaired) electrons. The lowest BCUT2D eigenvalue weighted by molar-refractivity contribution is -0.132. The second-order valence-corrected chi connectivity index (χ2v) is 6.72. The third kappa shape index (κ3) is 5.79. The summed E-state index contributed by atoms with van der Waals surface area (Å²) in [6.45, 7) is 1.23. The largest absolute Gasteiger partial charge is 0.393 e. The van der Waals surface area contributed by atoms with Crippen LogP contribution in [0.2, 0.25) is 0 Å². The van der Waals surface area contributed by atoms with Crippen molar-refractivity contribution in [3.05, 3.63) is 71.8 Å². The van der Waals surface area contributed by atoms with E-state index in [4.69, 9.17) is 0 Å². The van der Waals surface area contributed by atoms with E-state index in [0.717, 1.165) is 11.1 Å². The molecule has 1 aliphatic heterocycles. The van der Waals surface area contributed by atoms with Gasteiger partial charge in [-0.25, -0.2) is 0 Å². The summed E-state index contributed by atoms with van der Waals surface area (Å²) in [7, 11) is 0. The molecule has 0 aromatic heterocycles. The number of aliphatic hydroxyl groups is 1. The number of aliphatic hydroxyl groups excluding tert-OH is 1. The van der Waals surface area contributed by atoms with Gasteiger partial charge < -0.3 is 15.3 Å². The number of benzene rings is 2. The summed E-state index contributed by atoms with van der Waals surface area (Å²) in [5.74, 6) is -0.126. The number of likely N-dealkylation sites (tertiary alicyclic amines) is 1. The number of nitrogens with zero attached hydrogens (tertiary/aromatic N) is 1. The Hall–Kier alpha value is -2.92. The van der Waals surface area contributed by atoms with Crippen molar-refractivity contribution in [2.24, 2.45) is 0 Å². The summed E-state index contributed by atoms with van der Waals surface area (Å²) in [6, 6.07) is 16.9.